The van der Waals surface area contributed by atoms with Crippen molar-refractivity contribution in [2.45, 2.75) is 67.0 Å². The Balaban J connectivity index is 2.41. The maximum absolute atomic E-state index is 12.2. The van der Waals surface area contributed by atoms with Crippen LogP contribution in [0.4, 0.5) is 4.79 Å². The fourth-order valence-electron chi connectivity index (χ4n) is 2.98. The quantitative estimate of drug-likeness (QED) is 0.748. The van der Waals surface area contributed by atoms with Crippen molar-refractivity contribution >= 4 is 6.09 Å². The van der Waals surface area contributed by atoms with Gasteiger partial charge in [0.05, 0.1) is 0 Å². The molecule has 1 N–H and O–H groups in total. The molecular weight excluding hydrogens is 336 g/mol. The van der Waals surface area contributed by atoms with Crippen LogP contribution in [0.2, 0.25) is 0 Å². The van der Waals surface area contributed by atoms with Gasteiger partial charge < -0.3 is 10.1 Å². The number of alkyl carbamates (subject to hydrolysis) is 1. The summed E-state index contributed by atoms with van der Waals surface area (Å²) in [6.45, 7) is 14.4. The summed E-state index contributed by atoms with van der Waals surface area (Å²) in [6, 6.07) is 10.6. The van der Waals surface area contributed by atoms with Crippen LogP contribution < -0.4 is 5.32 Å². The molecule has 4 nitrogen and oxygen atoms in total. The first-order chi connectivity index (χ1) is 12.5. The zero-order valence-electron chi connectivity index (χ0n) is 17.6. The first kappa shape index (κ1) is 20.9. The number of amides is 1. The zero-order valence-corrected chi connectivity index (χ0v) is 17.6. The van der Waals surface area contributed by atoms with Gasteiger partial charge in [-0.25, -0.2) is 4.79 Å². The van der Waals surface area contributed by atoms with Crippen LogP contribution >= 0.6 is 0 Å². The van der Waals surface area contributed by atoms with Gasteiger partial charge >= 0.3 is 6.09 Å². The number of pyridine rings is 1. The summed E-state index contributed by atoms with van der Waals surface area (Å²) < 4.78 is 5.39. The van der Waals surface area contributed by atoms with Crippen LogP contribution in [-0.2, 0) is 17.7 Å². The lowest BCUT2D eigenvalue weighted by molar-refractivity contribution is 0.0523. The molecule has 1 amide bonds. The Bertz CT molecular complexity index is 787. The summed E-state index contributed by atoms with van der Waals surface area (Å²) in [5.41, 5.74) is 6.05. The number of rotatable bonds is 5. The second kappa shape index (κ2) is 8.55. The molecule has 2 aromatic rings. The van der Waals surface area contributed by atoms with Gasteiger partial charge in [0, 0.05) is 23.5 Å². The van der Waals surface area contributed by atoms with Crippen molar-refractivity contribution in [3.8, 4) is 11.1 Å². The molecule has 1 heterocycles. The van der Waals surface area contributed by atoms with Crippen molar-refractivity contribution in [2.24, 2.45) is 5.92 Å². The lowest BCUT2D eigenvalue weighted by atomic mass is 9.94. The van der Waals surface area contributed by atoms with Crippen LogP contribution in [0.1, 0.15) is 57.1 Å². The van der Waals surface area contributed by atoms with E-state index >= 15 is 0 Å². The topological polar surface area (TPSA) is 51.2 Å². The third-order valence-electron chi connectivity index (χ3n) is 4.11. The molecule has 1 aromatic carbocycles. The Hall–Kier alpha value is -2.36. The number of aryl methyl sites for hydroxylation is 2. The molecule has 146 valence electrons. The number of hydrogen-bond acceptors (Lipinski definition) is 3. The highest BCUT2D eigenvalue weighted by Gasteiger charge is 2.19. The third-order valence-corrected chi connectivity index (χ3v) is 4.11. The predicted octanol–water partition coefficient (Wildman–Crippen LogP) is 5.59. The number of nitrogens with zero attached hydrogens (tertiary/aromatic N) is 1. The number of carbonyl (C=O) groups is 1. The standard InChI is InChI=1S/C23H32N2O2/c1-15(2)12-21-20(14-24-22(26)27-23(5,6)7)19(13-17(4)25-21)18-10-8-16(3)9-11-18/h8-11,13,15H,12,14H2,1-7H3,(H,24,26). The second-order valence-electron chi connectivity index (χ2n) is 8.56. The van der Waals surface area contributed by atoms with E-state index in [1.165, 1.54) is 5.56 Å². The highest BCUT2D eigenvalue weighted by Crippen LogP contribution is 2.28. The van der Waals surface area contributed by atoms with Gasteiger partial charge in [0.1, 0.15) is 5.60 Å². The minimum Gasteiger partial charge on any atom is -0.444 e. The molecule has 0 radical (unpaired) electrons. The molecule has 0 bridgehead atoms. The summed E-state index contributed by atoms with van der Waals surface area (Å²) in [7, 11) is 0. The molecule has 0 spiro atoms. The van der Waals surface area contributed by atoms with Crippen molar-refractivity contribution < 1.29 is 9.53 Å². The van der Waals surface area contributed by atoms with E-state index in [-0.39, 0.29) is 0 Å². The number of benzene rings is 1. The molecule has 0 unspecified atom stereocenters. The molecule has 4 heteroatoms. The maximum Gasteiger partial charge on any atom is 0.407 e. The third kappa shape index (κ3) is 6.38. The van der Waals surface area contributed by atoms with E-state index in [0.717, 1.165) is 34.5 Å². The van der Waals surface area contributed by atoms with Gasteiger partial charge in [0.15, 0.2) is 0 Å². The van der Waals surface area contributed by atoms with E-state index in [1.54, 1.807) is 0 Å². The van der Waals surface area contributed by atoms with Crippen LogP contribution in [0.3, 0.4) is 0 Å². The molecule has 0 aliphatic rings. The van der Waals surface area contributed by atoms with Gasteiger partial charge in [-0.05, 0) is 64.2 Å². The van der Waals surface area contributed by atoms with E-state index in [4.69, 9.17) is 9.72 Å². The average molecular weight is 369 g/mol. The van der Waals surface area contributed by atoms with E-state index in [0.29, 0.717) is 12.5 Å². The van der Waals surface area contributed by atoms with Gasteiger partial charge in [-0.1, -0.05) is 43.7 Å². The van der Waals surface area contributed by atoms with Crippen molar-refractivity contribution in [3.05, 3.63) is 52.8 Å². The van der Waals surface area contributed by atoms with Crippen LogP contribution in [0.15, 0.2) is 30.3 Å². The van der Waals surface area contributed by atoms with Gasteiger partial charge in [0.2, 0.25) is 0 Å². The highest BCUT2D eigenvalue weighted by atomic mass is 16.6. The van der Waals surface area contributed by atoms with Gasteiger partial charge in [0.25, 0.3) is 0 Å². The molecule has 2 rings (SSSR count). The monoisotopic (exact) mass is 368 g/mol. The molecule has 0 atom stereocenters. The van der Waals surface area contributed by atoms with Crippen molar-refractivity contribution in [1.82, 2.24) is 10.3 Å². The summed E-state index contributed by atoms with van der Waals surface area (Å²) in [5.74, 6) is 0.477. The van der Waals surface area contributed by atoms with E-state index in [2.05, 4.69) is 56.4 Å². The van der Waals surface area contributed by atoms with Crippen molar-refractivity contribution in [2.75, 3.05) is 0 Å². The lowest BCUT2D eigenvalue weighted by Crippen LogP contribution is -2.32. The van der Waals surface area contributed by atoms with Crippen LogP contribution in [0, 0.1) is 19.8 Å². The van der Waals surface area contributed by atoms with Gasteiger partial charge in [-0.3, -0.25) is 4.98 Å². The Morgan fingerprint density at radius 3 is 2.33 bits per heavy atom. The van der Waals surface area contributed by atoms with Crippen LogP contribution in [0.5, 0.6) is 0 Å². The SMILES string of the molecule is Cc1ccc(-c2cc(C)nc(CC(C)C)c2CNC(=O)OC(C)(C)C)cc1. The first-order valence-electron chi connectivity index (χ1n) is 9.58. The molecular formula is C23H32N2O2. The number of nitrogens with one attached hydrogen (secondary N) is 1. The highest BCUT2D eigenvalue weighted by molar-refractivity contribution is 5.71. The average Bonchev–Trinajstić information content (AvgIpc) is 2.52. The van der Waals surface area contributed by atoms with Crippen LogP contribution in [-0.4, -0.2) is 16.7 Å². The minimum atomic E-state index is -0.518. The summed E-state index contributed by atoms with van der Waals surface area (Å²) in [5, 5.41) is 2.91. The number of aromatic nitrogens is 1. The Morgan fingerprint density at radius 1 is 1.15 bits per heavy atom. The minimum absolute atomic E-state index is 0.396. The summed E-state index contributed by atoms with van der Waals surface area (Å²) in [4.78, 5) is 16.9. The smallest absolute Gasteiger partial charge is 0.407 e. The molecule has 27 heavy (non-hydrogen) atoms. The Morgan fingerprint density at radius 2 is 1.78 bits per heavy atom. The zero-order chi connectivity index (χ0) is 20.2. The molecule has 0 aliphatic heterocycles. The van der Waals surface area contributed by atoms with E-state index in [1.807, 2.05) is 27.7 Å². The van der Waals surface area contributed by atoms with E-state index in [9.17, 15) is 4.79 Å². The van der Waals surface area contributed by atoms with Crippen molar-refractivity contribution in [1.29, 1.82) is 0 Å². The molecule has 0 aliphatic carbocycles. The maximum atomic E-state index is 12.2. The largest absolute Gasteiger partial charge is 0.444 e. The molecule has 1 aromatic heterocycles. The Labute approximate surface area is 163 Å². The number of carbonyl (C=O) groups excluding carboxylic acids is 1. The van der Waals surface area contributed by atoms with Crippen molar-refractivity contribution in [3.63, 3.8) is 0 Å². The lowest BCUT2D eigenvalue weighted by Gasteiger charge is -2.21. The Kier molecular flexibility index (Phi) is 6.63. The fourth-order valence-corrected chi connectivity index (χ4v) is 2.98. The molecule has 0 saturated heterocycles. The van der Waals surface area contributed by atoms with Gasteiger partial charge in [-0.2, -0.15) is 0 Å². The normalized spacial score (nSPS) is 11.6. The number of hydrogen-bond donors (Lipinski definition) is 1. The molecule has 0 fully saturated rings. The second-order valence-corrected chi connectivity index (χ2v) is 8.56. The summed E-state index contributed by atoms with van der Waals surface area (Å²) >= 11 is 0. The van der Waals surface area contributed by atoms with E-state index < -0.39 is 11.7 Å². The molecule has 0 saturated carbocycles. The number of ether oxygens (including phenoxy) is 1. The predicted molar refractivity (Wildman–Crippen MR) is 111 cm³/mol. The summed E-state index contributed by atoms with van der Waals surface area (Å²) in [6.07, 6.45) is 0.458. The van der Waals surface area contributed by atoms with Gasteiger partial charge in [-0.15, -0.1) is 0 Å². The fraction of sp³-hybridized carbons (Fsp3) is 0.478. The first-order valence-corrected chi connectivity index (χ1v) is 9.58. The van der Waals surface area contributed by atoms with Crippen LogP contribution in [0.25, 0.3) is 11.1 Å².